The van der Waals surface area contributed by atoms with Gasteiger partial charge in [-0.25, -0.2) is 9.37 Å². The Morgan fingerprint density at radius 3 is 2.16 bits per heavy atom. The van der Waals surface area contributed by atoms with Gasteiger partial charge >= 0.3 is 12.2 Å². The summed E-state index contributed by atoms with van der Waals surface area (Å²) in [5, 5.41) is 7.32. The van der Waals surface area contributed by atoms with Gasteiger partial charge in [-0.2, -0.15) is 28.4 Å². The van der Waals surface area contributed by atoms with Crippen LogP contribution in [0.3, 0.4) is 0 Å². The van der Waals surface area contributed by atoms with Crippen LogP contribution in [0, 0.1) is 11.3 Å². The van der Waals surface area contributed by atoms with E-state index >= 15 is 0 Å². The molecule has 3 aliphatic rings. The van der Waals surface area contributed by atoms with Crippen molar-refractivity contribution >= 4 is 17.5 Å². The number of nitrogen functional groups attached to an aromatic ring is 1. The van der Waals surface area contributed by atoms with Crippen LogP contribution >= 0.6 is 0 Å². The molecule has 15 heteroatoms. The number of hydrogen-bond acceptors (Lipinski definition) is 10. The normalized spacial score (nSPS) is 16.2. The van der Waals surface area contributed by atoms with Gasteiger partial charge in [-0.05, 0) is 45.1 Å². The summed E-state index contributed by atoms with van der Waals surface area (Å²) < 4.78 is 58.8. The number of fused-ring (bicyclic) bond motifs is 1. The number of alkyl halides is 3. The van der Waals surface area contributed by atoms with Crippen molar-refractivity contribution in [2.45, 2.75) is 59.4 Å². The Morgan fingerprint density at radius 2 is 1.67 bits per heavy atom. The van der Waals surface area contributed by atoms with Crippen LogP contribution in [0.5, 0.6) is 6.01 Å². The maximum Gasteiger partial charge on any atom is 0.418 e. The number of halogens is 4. The van der Waals surface area contributed by atoms with Crippen molar-refractivity contribution in [3.63, 3.8) is 0 Å². The Morgan fingerprint density at radius 1 is 1.07 bits per heavy atom. The van der Waals surface area contributed by atoms with Gasteiger partial charge in [0.2, 0.25) is 0 Å². The van der Waals surface area contributed by atoms with Crippen LogP contribution in [-0.4, -0.2) is 89.0 Å². The first kappa shape index (κ1) is 37.2. The smallest absolute Gasteiger partial charge is 0.418 e. The molecule has 2 fully saturated rings. The van der Waals surface area contributed by atoms with Gasteiger partial charge in [-0.3, -0.25) is 9.69 Å². The number of anilines is 2. The van der Waals surface area contributed by atoms with E-state index in [0.29, 0.717) is 31.1 Å². The first-order chi connectivity index (χ1) is 21.4. The highest BCUT2D eigenvalue weighted by atomic mass is 19.4. The lowest BCUT2D eigenvalue weighted by Gasteiger charge is -2.35. The summed E-state index contributed by atoms with van der Waals surface area (Å²) in [7, 11) is 3.60. The monoisotopic (exact) mass is 637 g/mol. The van der Waals surface area contributed by atoms with Crippen LogP contribution < -0.4 is 15.4 Å². The summed E-state index contributed by atoms with van der Waals surface area (Å²) in [5.74, 6) is -1.18. The molecule has 0 aliphatic carbocycles. The van der Waals surface area contributed by atoms with E-state index in [4.69, 9.17) is 15.7 Å². The van der Waals surface area contributed by atoms with Gasteiger partial charge in [0.05, 0.1) is 30.1 Å². The predicted molar refractivity (Wildman–Crippen MR) is 164 cm³/mol. The Balaban J connectivity index is 0.000000550. The summed E-state index contributed by atoms with van der Waals surface area (Å²) in [6.45, 7) is 12.9. The summed E-state index contributed by atoms with van der Waals surface area (Å²) in [4.78, 5) is 32.0. The van der Waals surface area contributed by atoms with E-state index < -0.39 is 23.5 Å². The van der Waals surface area contributed by atoms with Crippen LogP contribution in [0.25, 0.3) is 0 Å². The first-order valence-corrected chi connectivity index (χ1v) is 14.7. The number of nitrogens with zero attached hydrogens (tertiary/aromatic N) is 8. The maximum absolute atomic E-state index is 13.5. The minimum Gasteiger partial charge on any atom is -0.467 e. The Kier molecular flexibility index (Phi) is 14.4. The number of nitriles is 1. The second-order valence-corrected chi connectivity index (χ2v) is 10.3. The molecule has 0 bridgehead atoms. The molecule has 3 aliphatic heterocycles. The number of pyridine rings is 1. The molecule has 0 aromatic carbocycles. The Bertz CT molecular complexity index is 1320. The van der Waals surface area contributed by atoms with Gasteiger partial charge in [0.15, 0.2) is 5.83 Å². The zero-order valence-corrected chi connectivity index (χ0v) is 26.6. The Labute approximate surface area is 262 Å². The average Bonchev–Trinajstić information content (AvgIpc) is 3.65. The fourth-order valence-corrected chi connectivity index (χ4v) is 5.02. The van der Waals surface area contributed by atoms with Gasteiger partial charge in [0.25, 0.3) is 5.91 Å². The summed E-state index contributed by atoms with van der Waals surface area (Å²) >= 11 is 0. The highest BCUT2D eigenvalue weighted by molar-refractivity contribution is 5.90. The molecule has 11 nitrogen and oxygen atoms in total. The number of methoxy groups -OCH3 is 1. The molecule has 1 amide bonds. The molecule has 248 valence electrons. The fraction of sp³-hybridized carbons (Fsp3) is 0.567. The molecule has 2 N–H and O–H groups in total. The molecule has 2 aromatic rings. The van der Waals surface area contributed by atoms with Gasteiger partial charge in [-0.1, -0.05) is 20.4 Å². The minimum atomic E-state index is -4.56. The van der Waals surface area contributed by atoms with Crippen LogP contribution in [0.2, 0.25) is 0 Å². The molecule has 0 unspecified atom stereocenters. The molecule has 0 saturated carbocycles. The lowest BCUT2D eigenvalue weighted by atomic mass is 10.1. The molecule has 2 saturated heterocycles. The molecule has 0 radical (unpaired) electrons. The number of aromatic nitrogens is 3. The average molecular weight is 638 g/mol. The van der Waals surface area contributed by atoms with Crippen LogP contribution in [0.15, 0.2) is 24.5 Å². The largest absolute Gasteiger partial charge is 0.467 e. The van der Waals surface area contributed by atoms with E-state index in [1.54, 1.807) is 11.0 Å². The SMILES string of the molecule is C=C(F)C(=O)N1CCN(c2nc(OC)nc3c2CN(Cc2nc(N)ccc2C(F)(F)F)C3)CC1.CC.CC#N.CN1CCCC1. The van der Waals surface area contributed by atoms with Gasteiger partial charge < -0.3 is 25.2 Å². The zero-order chi connectivity index (χ0) is 33.7. The summed E-state index contributed by atoms with van der Waals surface area (Å²) in [6.07, 6.45) is -1.73. The number of likely N-dealkylation sites (tertiary alicyclic amines) is 1. The maximum atomic E-state index is 13.5. The molecule has 5 rings (SSSR count). The first-order valence-electron chi connectivity index (χ1n) is 14.7. The number of hydrogen-bond donors (Lipinski definition) is 1. The second kappa shape index (κ2) is 17.5. The van der Waals surface area contributed by atoms with Gasteiger partial charge in [0.1, 0.15) is 11.6 Å². The van der Waals surface area contributed by atoms with Crippen LogP contribution in [-0.2, 0) is 30.6 Å². The number of piperazine rings is 1. The number of nitrogens with two attached hydrogens (primary N) is 1. The van der Waals surface area contributed by atoms with Crippen molar-refractivity contribution in [3.8, 4) is 12.1 Å². The third-order valence-corrected chi connectivity index (χ3v) is 7.09. The Hall–Kier alpha value is -4.03. The molecule has 0 atom stereocenters. The zero-order valence-electron chi connectivity index (χ0n) is 26.6. The van der Waals surface area contributed by atoms with E-state index in [2.05, 4.69) is 33.5 Å². The lowest BCUT2D eigenvalue weighted by molar-refractivity contribution is -0.138. The molecule has 2 aromatic heterocycles. The van der Waals surface area contributed by atoms with E-state index in [1.165, 1.54) is 44.9 Å². The quantitative estimate of drug-likeness (QED) is 0.372. The van der Waals surface area contributed by atoms with Crippen LogP contribution in [0.1, 0.15) is 56.1 Å². The lowest BCUT2D eigenvalue weighted by Crippen LogP contribution is -2.49. The van der Waals surface area contributed by atoms with Gasteiger partial charge in [0, 0.05) is 58.3 Å². The molecule has 45 heavy (non-hydrogen) atoms. The van der Waals surface area contributed by atoms with Crippen molar-refractivity contribution in [1.29, 1.82) is 5.26 Å². The van der Waals surface area contributed by atoms with Gasteiger partial charge in [-0.15, -0.1) is 0 Å². The minimum absolute atomic E-state index is 0.00485. The van der Waals surface area contributed by atoms with Crippen molar-refractivity contribution in [3.05, 3.63) is 47.1 Å². The summed E-state index contributed by atoms with van der Waals surface area (Å²) in [6, 6.07) is 3.94. The fourth-order valence-electron chi connectivity index (χ4n) is 5.02. The third-order valence-electron chi connectivity index (χ3n) is 7.09. The van der Waals surface area contributed by atoms with Crippen molar-refractivity contribution in [2.24, 2.45) is 0 Å². The summed E-state index contributed by atoms with van der Waals surface area (Å²) in [5.41, 5.74) is 6.03. The van der Waals surface area contributed by atoms with E-state index in [9.17, 15) is 22.4 Å². The third kappa shape index (κ3) is 10.5. The highest BCUT2D eigenvalue weighted by Crippen LogP contribution is 2.35. The van der Waals surface area contributed by atoms with Crippen LogP contribution in [0.4, 0.5) is 29.2 Å². The van der Waals surface area contributed by atoms with E-state index in [-0.39, 0.29) is 43.7 Å². The van der Waals surface area contributed by atoms with E-state index in [0.717, 1.165) is 17.7 Å². The number of carbonyl (C=O) groups excluding carboxylic acids is 1. The topological polar surface area (TPSA) is 128 Å². The molecular formula is C30H43F4N9O2. The number of amides is 1. The molecule has 0 spiro atoms. The number of carbonyl (C=O) groups is 1. The van der Waals surface area contributed by atoms with Crippen molar-refractivity contribution in [1.82, 2.24) is 29.7 Å². The predicted octanol–water partition coefficient (Wildman–Crippen LogP) is 4.40. The highest BCUT2D eigenvalue weighted by Gasteiger charge is 2.36. The number of ether oxygens (including phenoxy) is 1. The van der Waals surface area contributed by atoms with Crippen molar-refractivity contribution in [2.75, 3.05) is 64.1 Å². The van der Waals surface area contributed by atoms with Crippen molar-refractivity contribution < 1.29 is 27.1 Å². The standard InChI is InChI=1S/C21H23F4N7O2.C5H11N.C2H3N.C2H6/c1-12(22)19(33)32-7-5-31(6-8-32)18-13-9-30(10-15(13)28-20(29-18)34-2)11-16-14(21(23,24)25)3-4-17(26)27-16;1-6-4-2-3-5-6;1-2-3;1-2/h3-4H,1,5-11H2,2H3,(H2,26,27);2-5H2,1H3;1H3;1-2H3. The second-order valence-electron chi connectivity index (χ2n) is 10.3. The van der Waals surface area contributed by atoms with E-state index in [1.807, 2.05) is 18.7 Å². The number of rotatable bonds is 5. The molecular weight excluding hydrogens is 594 g/mol. The molecule has 5 heterocycles.